The van der Waals surface area contributed by atoms with E-state index in [9.17, 15) is 22.4 Å². The SMILES string of the molecule is COC(=O)C1CCN(C(=O)CN(c2ccc(F)cc2)S(=O)(=O)c2ccc(C)cc2)CC1. The molecule has 0 radical (unpaired) electrons. The number of anilines is 1. The second-order valence-electron chi connectivity index (χ2n) is 7.48. The summed E-state index contributed by atoms with van der Waals surface area (Å²) in [5.41, 5.74) is 1.09. The van der Waals surface area contributed by atoms with Crippen LogP contribution in [0.25, 0.3) is 0 Å². The molecule has 1 saturated heterocycles. The molecule has 0 atom stereocenters. The van der Waals surface area contributed by atoms with Crippen molar-refractivity contribution in [3.8, 4) is 0 Å². The summed E-state index contributed by atoms with van der Waals surface area (Å²) in [7, 11) is -2.73. The van der Waals surface area contributed by atoms with E-state index in [1.54, 1.807) is 17.0 Å². The van der Waals surface area contributed by atoms with Crippen molar-refractivity contribution >= 4 is 27.6 Å². The molecular weight excluding hydrogens is 423 g/mol. The lowest BCUT2D eigenvalue weighted by Crippen LogP contribution is -2.46. The van der Waals surface area contributed by atoms with Crippen LogP contribution >= 0.6 is 0 Å². The van der Waals surface area contributed by atoms with Gasteiger partial charge in [0, 0.05) is 13.1 Å². The molecule has 1 aliphatic heterocycles. The van der Waals surface area contributed by atoms with E-state index >= 15 is 0 Å². The number of hydrogen-bond acceptors (Lipinski definition) is 5. The summed E-state index contributed by atoms with van der Waals surface area (Å²) in [5, 5.41) is 0. The van der Waals surface area contributed by atoms with Crippen LogP contribution in [0.5, 0.6) is 0 Å². The van der Waals surface area contributed by atoms with Gasteiger partial charge in [0.25, 0.3) is 10.0 Å². The molecule has 0 unspecified atom stereocenters. The van der Waals surface area contributed by atoms with Gasteiger partial charge in [-0.25, -0.2) is 12.8 Å². The number of aryl methyl sites for hydroxylation is 1. The van der Waals surface area contributed by atoms with Gasteiger partial charge in [-0.05, 0) is 56.2 Å². The number of methoxy groups -OCH3 is 1. The van der Waals surface area contributed by atoms with Gasteiger partial charge in [0.15, 0.2) is 0 Å². The number of ether oxygens (including phenoxy) is 1. The van der Waals surface area contributed by atoms with Gasteiger partial charge < -0.3 is 9.64 Å². The number of likely N-dealkylation sites (tertiary alicyclic amines) is 1. The minimum Gasteiger partial charge on any atom is -0.469 e. The first kappa shape index (κ1) is 22.7. The van der Waals surface area contributed by atoms with Crippen LogP contribution in [0, 0.1) is 18.7 Å². The Morgan fingerprint density at radius 3 is 2.19 bits per heavy atom. The lowest BCUT2D eigenvalue weighted by molar-refractivity contribution is -0.148. The molecule has 1 amide bonds. The van der Waals surface area contributed by atoms with Crippen molar-refractivity contribution in [2.45, 2.75) is 24.7 Å². The second-order valence-corrected chi connectivity index (χ2v) is 9.34. The topological polar surface area (TPSA) is 84.0 Å². The maximum atomic E-state index is 13.4. The van der Waals surface area contributed by atoms with Crippen LogP contribution in [0.2, 0.25) is 0 Å². The first-order valence-electron chi connectivity index (χ1n) is 9.93. The summed E-state index contributed by atoms with van der Waals surface area (Å²) < 4.78 is 45.8. The average Bonchev–Trinajstić information content (AvgIpc) is 2.78. The van der Waals surface area contributed by atoms with E-state index in [4.69, 9.17) is 4.74 Å². The van der Waals surface area contributed by atoms with Gasteiger partial charge in [-0.3, -0.25) is 13.9 Å². The van der Waals surface area contributed by atoms with Gasteiger partial charge in [-0.2, -0.15) is 0 Å². The fourth-order valence-corrected chi connectivity index (χ4v) is 4.93. The highest BCUT2D eigenvalue weighted by atomic mass is 32.2. The smallest absolute Gasteiger partial charge is 0.308 e. The van der Waals surface area contributed by atoms with Gasteiger partial charge in [0.1, 0.15) is 12.4 Å². The molecule has 9 heteroatoms. The third-order valence-electron chi connectivity index (χ3n) is 5.38. The Kier molecular flexibility index (Phi) is 6.94. The number of rotatable bonds is 6. The van der Waals surface area contributed by atoms with Gasteiger partial charge in [-0.1, -0.05) is 17.7 Å². The highest BCUT2D eigenvalue weighted by Crippen LogP contribution is 2.25. The molecule has 1 fully saturated rings. The molecule has 31 heavy (non-hydrogen) atoms. The summed E-state index contributed by atoms with van der Waals surface area (Å²) in [6, 6.07) is 11.3. The largest absolute Gasteiger partial charge is 0.469 e. The third-order valence-corrected chi connectivity index (χ3v) is 7.17. The van der Waals surface area contributed by atoms with Gasteiger partial charge >= 0.3 is 5.97 Å². The zero-order valence-electron chi connectivity index (χ0n) is 17.5. The van der Waals surface area contributed by atoms with Crippen LogP contribution in [0.4, 0.5) is 10.1 Å². The van der Waals surface area contributed by atoms with Gasteiger partial charge in [0.05, 0.1) is 23.6 Å². The van der Waals surface area contributed by atoms with Gasteiger partial charge in [-0.15, -0.1) is 0 Å². The molecule has 166 valence electrons. The van der Waals surface area contributed by atoms with Crippen molar-refractivity contribution in [2.24, 2.45) is 5.92 Å². The first-order valence-corrected chi connectivity index (χ1v) is 11.4. The van der Waals surface area contributed by atoms with Crippen molar-refractivity contribution < 1.29 is 27.1 Å². The molecular formula is C22H25FN2O5S. The molecule has 0 spiro atoms. The minimum absolute atomic E-state index is 0.0413. The van der Waals surface area contributed by atoms with E-state index in [2.05, 4.69) is 0 Å². The zero-order chi connectivity index (χ0) is 22.6. The molecule has 0 saturated carbocycles. The standard InChI is InChI=1S/C22H25FN2O5S/c1-16-3-9-20(10-4-16)31(28,29)25(19-7-5-18(23)6-8-19)15-21(26)24-13-11-17(12-14-24)22(27)30-2/h3-10,17H,11-15H2,1-2H3. The lowest BCUT2D eigenvalue weighted by atomic mass is 9.97. The summed E-state index contributed by atoms with van der Waals surface area (Å²) in [5.74, 6) is -1.46. The number of sulfonamides is 1. The van der Waals surface area contributed by atoms with E-state index in [1.165, 1.54) is 31.4 Å². The molecule has 0 bridgehead atoms. The van der Waals surface area contributed by atoms with E-state index in [1.807, 2.05) is 6.92 Å². The fourth-order valence-electron chi connectivity index (χ4n) is 3.51. The molecule has 1 aliphatic rings. The Bertz CT molecular complexity index is 1030. The van der Waals surface area contributed by atoms with Crippen LogP contribution in [-0.2, 0) is 24.3 Å². The second kappa shape index (κ2) is 9.47. The molecule has 7 nitrogen and oxygen atoms in total. The first-order chi connectivity index (χ1) is 14.7. The van der Waals surface area contributed by atoms with E-state index in [-0.39, 0.29) is 28.4 Å². The monoisotopic (exact) mass is 448 g/mol. The Morgan fingerprint density at radius 2 is 1.65 bits per heavy atom. The quantitative estimate of drug-likeness (QED) is 0.635. The summed E-state index contributed by atoms with van der Waals surface area (Å²) >= 11 is 0. The summed E-state index contributed by atoms with van der Waals surface area (Å²) in [4.78, 5) is 26.2. The number of nitrogens with zero attached hydrogens (tertiary/aromatic N) is 2. The molecule has 0 N–H and O–H groups in total. The molecule has 0 aromatic heterocycles. The fraction of sp³-hybridized carbons (Fsp3) is 0.364. The van der Waals surface area contributed by atoms with Crippen molar-refractivity contribution in [1.82, 2.24) is 4.90 Å². The minimum atomic E-state index is -4.06. The Morgan fingerprint density at radius 1 is 1.06 bits per heavy atom. The number of hydrogen-bond donors (Lipinski definition) is 0. The van der Waals surface area contributed by atoms with E-state index in [0.717, 1.165) is 22.0 Å². The molecule has 1 heterocycles. The van der Waals surface area contributed by atoms with Crippen molar-refractivity contribution in [3.05, 3.63) is 59.9 Å². The number of carbonyl (C=O) groups is 2. The third kappa shape index (κ3) is 5.22. The maximum Gasteiger partial charge on any atom is 0.308 e. The van der Waals surface area contributed by atoms with Crippen LogP contribution < -0.4 is 4.31 Å². The number of halogens is 1. The van der Waals surface area contributed by atoms with Gasteiger partial charge in [0.2, 0.25) is 5.91 Å². The highest BCUT2D eigenvalue weighted by Gasteiger charge is 2.32. The summed E-state index contributed by atoms with van der Waals surface area (Å²) in [6.45, 7) is 2.08. The van der Waals surface area contributed by atoms with Crippen LogP contribution in [0.3, 0.4) is 0 Å². The Labute approximate surface area is 181 Å². The number of esters is 1. The predicted molar refractivity (Wildman–Crippen MR) is 113 cm³/mol. The van der Waals surface area contributed by atoms with Crippen LogP contribution in [0.1, 0.15) is 18.4 Å². The molecule has 3 rings (SSSR count). The van der Waals surface area contributed by atoms with E-state index in [0.29, 0.717) is 25.9 Å². The Balaban J connectivity index is 1.84. The number of piperidine rings is 1. The number of carbonyl (C=O) groups excluding carboxylic acids is 2. The zero-order valence-corrected chi connectivity index (χ0v) is 18.3. The normalized spacial score (nSPS) is 14.9. The predicted octanol–water partition coefficient (Wildman–Crippen LogP) is 2.74. The molecule has 2 aromatic rings. The molecule has 2 aromatic carbocycles. The maximum absolute atomic E-state index is 13.4. The average molecular weight is 449 g/mol. The van der Waals surface area contributed by atoms with Crippen molar-refractivity contribution in [1.29, 1.82) is 0 Å². The number of benzene rings is 2. The lowest BCUT2D eigenvalue weighted by Gasteiger charge is -2.33. The van der Waals surface area contributed by atoms with Crippen LogP contribution in [-0.4, -0.2) is 51.9 Å². The van der Waals surface area contributed by atoms with Crippen molar-refractivity contribution in [2.75, 3.05) is 31.0 Å². The highest BCUT2D eigenvalue weighted by molar-refractivity contribution is 7.92. The molecule has 0 aliphatic carbocycles. The van der Waals surface area contributed by atoms with Crippen molar-refractivity contribution in [3.63, 3.8) is 0 Å². The Hall–Kier alpha value is -2.94. The summed E-state index contributed by atoms with van der Waals surface area (Å²) in [6.07, 6.45) is 0.916. The van der Waals surface area contributed by atoms with Crippen LogP contribution in [0.15, 0.2) is 53.4 Å². The number of amides is 1. The van der Waals surface area contributed by atoms with E-state index < -0.39 is 22.4 Å².